The number of hydrogen-bond donors (Lipinski definition) is 1. The Morgan fingerprint density at radius 1 is 1.22 bits per heavy atom. The highest BCUT2D eigenvalue weighted by Gasteiger charge is 2.11. The fourth-order valence-electron chi connectivity index (χ4n) is 1.52. The van der Waals surface area contributed by atoms with Crippen molar-refractivity contribution >= 4 is 33.2 Å². The van der Waals surface area contributed by atoms with Gasteiger partial charge in [0.25, 0.3) is 0 Å². The highest BCUT2D eigenvalue weighted by Crippen LogP contribution is 2.20. The van der Waals surface area contributed by atoms with Crippen LogP contribution in [0.2, 0.25) is 0 Å². The van der Waals surface area contributed by atoms with Crippen molar-refractivity contribution in [1.82, 2.24) is 0 Å². The van der Waals surface area contributed by atoms with E-state index in [4.69, 9.17) is 9.84 Å². The maximum Gasteiger partial charge on any atom is 0.346 e. The lowest BCUT2D eigenvalue weighted by Crippen LogP contribution is -2.00. The number of carbonyl (C=O) groups is 1. The van der Waals surface area contributed by atoms with E-state index in [1.165, 1.54) is 11.3 Å². The third-order valence-electron chi connectivity index (χ3n) is 2.41. The SMILES string of the molecule is O=C(O)c1sccc1COCc1ccccc1Br. The molecule has 1 aromatic carbocycles. The zero-order valence-electron chi connectivity index (χ0n) is 9.43. The van der Waals surface area contributed by atoms with Crippen LogP contribution in [0.5, 0.6) is 0 Å². The van der Waals surface area contributed by atoms with Gasteiger partial charge in [-0.2, -0.15) is 0 Å². The molecule has 0 atom stereocenters. The van der Waals surface area contributed by atoms with Crippen molar-refractivity contribution in [3.05, 3.63) is 56.2 Å². The molecule has 0 aliphatic carbocycles. The van der Waals surface area contributed by atoms with E-state index in [0.717, 1.165) is 15.6 Å². The number of thiophene rings is 1. The van der Waals surface area contributed by atoms with E-state index in [-0.39, 0.29) is 0 Å². The lowest BCUT2D eigenvalue weighted by Gasteiger charge is -2.06. The first-order valence-corrected chi connectivity index (χ1v) is 6.96. The zero-order valence-corrected chi connectivity index (χ0v) is 11.8. The quantitative estimate of drug-likeness (QED) is 0.905. The number of rotatable bonds is 5. The molecule has 18 heavy (non-hydrogen) atoms. The molecule has 1 N–H and O–H groups in total. The highest BCUT2D eigenvalue weighted by molar-refractivity contribution is 9.10. The van der Waals surface area contributed by atoms with Gasteiger partial charge in [0.05, 0.1) is 13.2 Å². The van der Waals surface area contributed by atoms with Gasteiger partial charge in [-0.05, 0) is 23.1 Å². The summed E-state index contributed by atoms with van der Waals surface area (Å²) in [4.78, 5) is 11.3. The maximum atomic E-state index is 10.9. The number of hydrogen-bond acceptors (Lipinski definition) is 3. The van der Waals surface area contributed by atoms with E-state index in [2.05, 4.69) is 15.9 Å². The first kappa shape index (κ1) is 13.3. The summed E-state index contributed by atoms with van der Waals surface area (Å²) < 4.78 is 6.54. The molecular weight excluding hydrogens is 316 g/mol. The van der Waals surface area contributed by atoms with Crippen LogP contribution in [-0.4, -0.2) is 11.1 Å². The van der Waals surface area contributed by atoms with Crippen molar-refractivity contribution in [3.8, 4) is 0 Å². The van der Waals surface area contributed by atoms with Crippen molar-refractivity contribution in [2.24, 2.45) is 0 Å². The van der Waals surface area contributed by atoms with Gasteiger partial charge in [0.15, 0.2) is 0 Å². The molecule has 0 spiro atoms. The molecule has 0 aliphatic heterocycles. The van der Waals surface area contributed by atoms with Crippen molar-refractivity contribution in [1.29, 1.82) is 0 Å². The molecule has 2 aromatic rings. The lowest BCUT2D eigenvalue weighted by molar-refractivity contribution is 0.0690. The van der Waals surface area contributed by atoms with Crippen LogP contribution < -0.4 is 0 Å². The average molecular weight is 327 g/mol. The van der Waals surface area contributed by atoms with Crippen LogP contribution in [-0.2, 0) is 18.0 Å². The minimum Gasteiger partial charge on any atom is -0.477 e. The van der Waals surface area contributed by atoms with Gasteiger partial charge in [-0.3, -0.25) is 0 Å². The minimum absolute atomic E-state index is 0.312. The fourth-order valence-corrected chi connectivity index (χ4v) is 2.67. The van der Waals surface area contributed by atoms with E-state index in [0.29, 0.717) is 18.1 Å². The smallest absolute Gasteiger partial charge is 0.346 e. The number of carboxylic acids is 1. The molecule has 0 aliphatic rings. The van der Waals surface area contributed by atoms with Crippen molar-refractivity contribution < 1.29 is 14.6 Å². The monoisotopic (exact) mass is 326 g/mol. The zero-order chi connectivity index (χ0) is 13.0. The van der Waals surface area contributed by atoms with E-state index >= 15 is 0 Å². The molecule has 0 unspecified atom stereocenters. The molecule has 0 saturated carbocycles. The molecule has 0 amide bonds. The van der Waals surface area contributed by atoms with Crippen LogP contribution >= 0.6 is 27.3 Å². The maximum absolute atomic E-state index is 10.9. The first-order chi connectivity index (χ1) is 8.68. The predicted octanol–water partition coefficient (Wildman–Crippen LogP) is 3.93. The molecule has 94 valence electrons. The highest BCUT2D eigenvalue weighted by atomic mass is 79.9. The number of halogens is 1. The summed E-state index contributed by atoms with van der Waals surface area (Å²) >= 11 is 4.66. The Bertz CT molecular complexity index is 551. The van der Waals surface area contributed by atoms with Gasteiger partial charge >= 0.3 is 5.97 Å². The molecule has 5 heteroatoms. The van der Waals surface area contributed by atoms with Crippen LogP contribution in [0.1, 0.15) is 20.8 Å². The van der Waals surface area contributed by atoms with Gasteiger partial charge in [-0.25, -0.2) is 4.79 Å². The molecule has 0 fully saturated rings. The third-order valence-corrected chi connectivity index (χ3v) is 4.13. The topological polar surface area (TPSA) is 46.5 Å². The van der Waals surface area contributed by atoms with Gasteiger partial charge in [0.1, 0.15) is 4.88 Å². The summed E-state index contributed by atoms with van der Waals surface area (Å²) in [7, 11) is 0. The largest absolute Gasteiger partial charge is 0.477 e. The van der Waals surface area contributed by atoms with Crippen molar-refractivity contribution in [2.45, 2.75) is 13.2 Å². The Kier molecular flexibility index (Phi) is 4.52. The number of benzene rings is 1. The summed E-state index contributed by atoms with van der Waals surface area (Å²) in [5, 5.41) is 10.7. The molecule has 1 heterocycles. The molecule has 1 aromatic heterocycles. The van der Waals surface area contributed by atoms with Crippen LogP contribution in [0.25, 0.3) is 0 Å². The predicted molar refractivity (Wildman–Crippen MR) is 73.9 cm³/mol. The van der Waals surface area contributed by atoms with Crippen molar-refractivity contribution in [2.75, 3.05) is 0 Å². The fraction of sp³-hybridized carbons (Fsp3) is 0.154. The number of carboxylic acid groups (broad SMARTS) is 1. The van der Waals surface area contributed by atoms with Crippen LogP contribution in [0.4, 0.5) is 0 Å². The number of aromatic carboxylic acids is 1. The Morgan fingerprint density at radius 2 is 1.94 bits per heavy atom. The van der Waals surface area contributed by atoms with E-state index in [9.17, 15) is 4.79 Å². The Morgan fingerprint density at radius 3 is 2.67 bits per heavy atom. The van der Waals surface area contributed by atoms with Gasteiger partial charge in [-0.15, -0.1) is 11.3 Å². The molecule has 3 nitrogen and oxygen atoms in total. The van der Waals surface area contributed by atoms with E-state index in [1.54, 1.807) is 11.4 Å². The van der Waals surface area contributed by atoms with Crippen LogP contribution in [0, 0.1) is 0 Å². The molecule has 0 radical (unpaired) electrons. The summed E-state index contributed by atoms with van der Waals surface area (Å²) in [5.74, 6) is -0.899. The second kappa shape index (κ2) is 6.13. The lowest BCUT2D eigenvalue weighted by atomic mass is 10.2. The van der Waals surface area contributed by atoms with E-state index in [1.807, 2.05) is 24.3 Å². The first-order valence-electron chi connectivity index (χ1n) is 5.29. The summed E-state index contributed by atoms with van der Waals surface area (Å²) in [6, 6.07) is 9.58. The molecular formula is C13H11BrO3S. The standard InChI is InChI=1S/C13H11BrO3S/c14-11-4-2-1-3-9(11)7-17-8-10-5-6-18-12(10)13(15)16/h1-6H,7-8H2,(H,15,16). The van der Waals surface area contributed by atoms with Gasteiger partial charge in [0, 0.05) is 10.0 Å². The Hall–Kier alpha value is -1.17. The minimum atomic E-state index is -0.899. The normalized spacial score (nSPS) is 10.5. The van der Waals surface area contributed by atoms with Gasteiger partial charge in [0.2, 0.25) is 0 Å². The molecule has 0 saturated heterocycles. The number of ether oxygens (including phenoxy) is 1. The second-order valence-electron chi connectivity index (χ2n) is 3.66. The van der Waals surface area contributed by atoms with Crippen LogP contribution in [0.3, 0.4) is 0 Å². The Labute approximate surface area is 117 Å². The van der Waals surface area contributed by atoms with Gasteiger partial charge in [-0.1, -0.05) is 34.1 Å². The molecule has 0 bridgehead atoms. The van der Waals surface area contributed by atoms with E-state index < -0.39 is 5.97 Å². The summed E-state index contributed by atoms with van der Waals surface area (Å²) in [6.45, 7) is 0.767. The summed E-state index contributed by atoms with van der Waals surface area (Å²) in [5.41, 5.74) is 1.77. The average Bonchev–Trinajstić information content (AvgIpc) is 2.80. The second-order valence-corrected chi connectivity index (χ2v) is 5.43. The van der Waals surface area contributed by atoms with Crippen molar-refractivity contribution in [3.63, 3.8) is 0 Å². The third kappa shape index (κ3) is 3.19. The summed E-state index contributed by atoms with van der Waals surface area (Å²) in [6.07, 6.45) is 0. The van der Waals surface area contributed by atoms with Crippen LogP contribution in [0.15, 0.2) is 40.2 Å². The van der Waals surface area contributed by atoms with Gasteiger partial charge < -0.3 is 9.84 Å². The Balaban J connectivity index is 1.95. The molecule has 2 rings (SSSR count).